The van der Waals surface area contributed by atoms with Gasteiger partial charge in [0.15, 0.2) is 0 Å². The van der Waals surface area contributed by atoms with Crippen LogP contribution in [0.15, 0.2) is 0 Å². The standard InChI is InChI=1S/C10H21NO/c1-10(2,3)7-6-9(12)5-4-8-11/h4-8,11H2,1-3H3. The number of hydrogen-bond donors (Lipinski definition) is 1. The number of carbonyl (C=O) groups excluding carboxylic acids is 1. The molecular formula is C10H21NO. The van der Waals surface area contributed by atoms with Crippen LogP contribution in [0, 0.1) is 5.41 Å². The third-order valence-electron chi connectivity index (χ3n) is 1.81. The van der Waals surface area contributed by atoms with Crippen molar-refractivity contribution in [3.05, 3.63) is 0 Å². The number of nitrogens with two attached hydrogens (primary N) is 1. The number of ketones is 1. The SMILES string of the molecule is CC(C)(C)CCC(=O)CCCN. The summed E-state index contributed by atoms with van der Waals surface area (Å²) in [5.74, 6) is 0.357. The fraction of sp³-hybridized carbons (Fsp3) is 0.900. The fourth-order valence-electron chi connectivity index (χ4n) is 0.939. The molecule has 0 saturated carbocycles. The van der Waals surface area contributed by atoms with E-state index in [9.17, 15) is 4.79 Å². The molecule has 2 N–H and O–H groups in total. The second-order valence-corrected chi connectivity index (χ2v) is 4.49. The molecule has 0 heterocycles. The Labute approximate surface area is 75.5 Å². The van der Waals surface area contributed by atoms with Gasteiger partial charge in [0.1, 0.15) is 5.78 Å². The molecule has 0 aliphatic heterocycles. The molecule has 72 valence electrons. The maximum absolute atomic E-state index is 11.2. The van der Waals surface area contributed by atoms with Crippen molar-refractivity contribution in [1.82, 2.24) is 0 Å². The molecule has 0 spiro atoms. The van der Waals surface area contributed by atoms with Crippen LogP contribution in [0.25, 0.3) is 0 Å². The molecule has 2 nitrogen and oxygen atoms in total. The zero-order chi connectivity index (χ0) is 9.61. The molecule has 12 heavy (non-hydrogen) atoms. The molecule has 0 aliphatic rings. The highest BCUT2D eigenvalue weighted by molar-refractivity contribution is 5.78. The molecule has 0 aromatic carbocycles. The van der Waals surface area contributed by atoms with Crippen molar-refractivity contribution in [2.45, 2.75) is 46.5 Å². The summed E-state index contributed by atoms with van der Waals surface area (Å²) >= 11 is 0. The Kier molecular flexibility index (Phi) is 5.14. The van der Waals surface area contributed by atoms with E-state index in [4.69, 9.17) is 5.73 Å². The van der Waals surface area contributed by atoms with E-state index in [1.54, 1.807) is 0 Å². The topological polar surface area (TPSA) is 43.1 Å². The van der Waals surface area contributed by atoms with E-state index in [0.717, 1.165) is 12.8 Å². The monoisotopic (exact) mass is 171 g/mol. The third kappa shape index (κ3) is 7.73. The second-order valence-electron chi connectivity index (χ2n) is 4.49. The minimum Gasteiger partial charge on any atom is -0.330 e. The van der Waals surface area contributed by atoms with Gasteiger partial charge < -0.3 is 5.73 Å². The van der Waals surface area contributed by atoms with Gasteiger partial charge in [-0.1, -0.05) is 20.8 Å². The van der Waals surface area contributed by atoms with Gasteiger partial charge in [0.25, 0.3) is 0 Å². The minimum absolute atomic E-state index is 0.276. The largest absolute Gasteiger partial charge is 0.330 e. The molecule has 0 atom stereocenters. The second kappa shape index (κ2) is 5.31. The first kappa shape index (κ1) is 11.6. The van der Waals surface area contributed by atoms with Crippen molar-refractivity contribution in [3.8, 4) is 0 Å². The molecule has 0 rings (SSSR count). The Morgan fingerprint density at radius 1 is 1.25 bits per heavy atom. The van der Waals surface area contributed by atoms with E-state index in [0.29, 0.717) is 25.2 Å². The lowest BCUT2D eigenvalue weighted by Gasteiger charge is -2.16. The fourth-order valence-corrected chi connectivity index (χ4v) is 0.939. The molecule has 0 radical (unpaired) electrons. The van der Waals surface area contributed by atoms with Crippen molar-refractivity contribution in [2.75, 3.05) is 6.54 Å². The lowest BCUT2D eigenvalue weighted by atomic mass is 9.89. The molecule has 0 bridgehead atoms. The Morgan fingerprint density at radius 2 is 1.83 bits per heavy atom. The van der Waals surface area contributed by atoms with Crippen molar-refractivity contribution in [1.29, 1.82) is 0 Å². The minimum atomic E-state index is 0.276. The van der Waals surface area contributed by atoms with Crippen molar-refractivity contribution in [3.63, 3.8) is 0 Å². The molecule has 0 unspecified atom stereocenters. The van der Waals surface area contributed by atoms with E-state index in [1.165, 1.54) is 0 Å². The van der Waals surface area contributed by atoms with Crippen molar-refractivity contribution in [2.24, 2.45) is 11.1 Å². The average Bonchev–Trinajstić information content (AvgIpc) is 1.95. The van der Waals surface area contributed by atoms with E-state index < -0.39 is 0 Å². The lowest BCUT2D eigenvalue weighted by molar-refractivity contribution is -0.119. The molecule has 2 heteroatoms. The van der Waals surface area contributed by atoms with Gasteiger partial charge in [-0.2, -0.15) is 0 Å². The summed E-state index contributed by atoms with van der Waals surface area (Å²) < 4.78 is 0. The van der Waals surface area contributed by atoms with Crippen molar-refractivity contribution >= 4 is 5.78 Å². The van der Waals surface area contributed by atoms with Crippen LogP contribution in [0.3, 0.4) is 0 Å². The van der Waals surface area contributed by atoms with Gasteiger partial charge >= 0.3 is 0 Å². The lowest BCUT2D eigenvalue weighted by Crippen LogP contribution is -2.10. The predicted molar refractivity (Wildman–Crippen MR) is 52.0 cm³/mol. The first-order valence-corrected chi connectivity index (χ1v) is 4.67. The summed E-state index contributed by atoms with van der Waals surface area (Å²) in [5, 5.41) is 0. The van der Waals surface area contributed by atoms with Crippen LogP contribution in [-0.2, 0) is 4.79 Å². The zero-order valence-electron chi connectivity index (χ0n) is 8.52. The summed E-state index contributed by atoms with van der Waals surface area (Å²) in [6.45, 7) is 7.09. The molecule has 0 aromatic heterocycles. The molecule has 0 fully saturated rings. The number of rotatable bonds is 5. The van der Waals surface area contributed by atoms with Crippen molar-refractivity contribution < 1.29 is 4.79 Å². The Morgan fingerprint density at radius 3 is 2.25 bits per heavy atom. The predicted octanol–water partition coefficient (Wildman–Crippen LogP) is 2.12. The normalized spacial score (nSPS) is 11.7. The molecular weight excluding hydrogens is 150 g/mol. The van der Waals surface area contributed by atoms with Gasteiger partial charge in [-0.05, 0) is 24.8 Å². The maximum Gasteiger partial charge on any atom is 0.132 e. The highest BCUT2D eigenvalue weighted by atomic mass is 16.1. The molecule has 0 amide bonds. The zero-order valence-corrected chi connectivity index (χ0v) is 8.52. The van der Waals surface area contributed by atoms with Gasteiger partial charge in [-0.3, -0.25) is 4.79 Å². The molecule has 0 aromatic rings. The van der Waals surface area contributed by atoms with Crippen LogP contribution < -0.4 is 5.73 Å². The highest BCUT2D eigenvalue weighted by Crippen LogP contribution is 2.20. The Hall–Kier alpha value is -0.370. The number of carbonyl (C=O) groups is 1. The van der Waals surface area contributed by atoms with E-state index in [2.05, 4.69) is 20.8 Å². The van der Waals surface area contributed by atoms with E-state index in [1.807, 2.05) is 0 Å². The average molecular weight is 171 g/mol. The van der Waals surface area contributed by atoms with Gasteiger partial charge in [0, 0.05) is 12.8 Å². The summed E-state index contributed by atoms with van der Waals surface area (Å²) in [5.41, 5.74) is 5.58. The summed E-state index contributed by atoms with van der Waals surface area (Å²) in [6.07, 6.45) is 3.19. The maximum atomic E-state index is 11.2. The first-order chi connectivity index (χ1) is 5.45. The highest BCUT2D eigenvalue weighted by Gasteiger charge is 2.12. The number of Topliss-reactive ketones (excluding diaryl/α,β-unsaturated/α-hetero) is 1. The van der Waals surface area contributed by atoms with Crippen LogP contribution >= 0.6 is 0 Å². The van der Waals surface area contributed by atoms with Crippen LogP contribution in [0.4, 0.5) is 0 Å². The van der Waals surface area contributed by atoms with Gasteiger partial charge in [-0.15, -0.1) is 0 Å². The summed E-state index contributed by atoms with van der Waals surface area (Å²) in [6, 6.07) is 0. The van der Waals surface area contributed by atoms with Gasteiger partial charge in [0.2, 0.25) is 0 Å². The Bertz CT molecular complexity index is 135. The van der Waals surface area contributed by atoms with Crippen LogP contribution in [-0.4, -0.2) is 12.3 Å². The van der Waals surface area contributed by atoms with E-state index in [-0.39, 0.29) is 5.41 Å². The Balaban J connectivity index is 3.44. The number of hydrogen-bond acceptors (Lipinski definition) is 2. The third-order valence-corrected chi connectivity index (χ3v) is 1.81. The van der Waals surface area contributed by atoms with Gasteiger partial charge in [0.05, 0.1) is 0 Å². The van der Waals surface area contributed by atoms with Gasteiger partial charge in [-0.25, -0.2) is 0 Å². The first-order valence-electron chi connectivity index (χ1n) is 4.67. The molecule has 0 saturated heterocycles. The molecule has 0 aliphatic carbocycles. The summed E-state index contributed by atoms with van der Waals surface area (Å²) in [4.78, 5) is 11.2. The van der Waals surface area contributed by atoms with Crippen LogP contribution in [0.5, 0.6) is 0 Å². The quantitative estimate of drug-likeness (QED) is 0.688. The van der Waals surface area contributed by atoms with E-state index >= 15 is 0 Å². The smallest absolute Gasteiger partial charge is 0.132 e. The summed E-state index contributed by atoms with van der Waals surface area (Å²) in [7, 11) is 0. The van der Waals surface area contributed by atoms with Crippen LogP contribution in [0.2, 0.25) is 0 Å². The van der Waals surface area contributed by atoms with Crippen LogP contribution in [0.1, 0.15) is 46.5 Å².